The van der Waals surface area contributed by atoms with Crippen molar-refractivity contribution in [3.8, 4) is 5.75 Å². The van der Waals surface area contributed by atoms with E-state index in [-0.39, 0.29) is 18.4 Å². The quantitative estimate of drug-likeness (QED) is 0.811. The summed E-state index contributed by atoms with van der Waals surface area (Å²) in [5.74, 6) is 1.59. The van der Waals surface area contributed by atoms with Crippen LogP contribution in [0.1, 0.15) is 57.6 Å². The van der Waals surface area contributed by atoms with Crippen molar-refractivity contribution < 1.29 is 4.74 Å². The van der Waals surface area contributed by atoms with Gasteiger partial charge in [-0.05, 0) is 49.3 Å². The van der Waals surface area contributed by atoms with Gasteiger partial charge in [-0.25, -0.2) is 0 Å². The van der Waals surface area contributed by atoms with E-state index >= 15 is 0 Å². The lowest BCUT2D eigenvalue weighted by Crippen LogP contribution is -2.22. The van der Waals surface area contributed by atoms with Crippen LogP contribution >= 0.6 is 12.4 Å². The van der Waals surface area contributed by atoms with Crippen LogP contribution in [0.25, 0.3) is 0 Å². The summed E-state index contributed by atoms with van der Waals surface area (Å²) >= 11 is 0. The normalized spacial score (nSPS) is 13.5. The number of halogens is 1. The van der Waals surface area contributed by atoms with Gasteiger partial charge in [0.05, 0.1) is 6.61 Å². The maximum atomic E-state index is 6.07. The van der Waals surface area contributed by atoms with E-state index in [0.29, 0.717) is 12.5 Å². The van der Waals surface area contributed by atoms with Crippen LogP contribution in [0.15, 0.2) is 18.2 Å². The van der Waals surface area contributed by atoms with Gasteiger partial charge in [-0.2, -0.15) is 0 Å². The summed E-state index contributed by atoms with van der Waals surface area (Å²) < 4.78 is 5.70. The van der Waals surface area contributed by atoms with Crippen LogP contribution in [0.3, 0.4) is 0 Å². The summed E-state index contributed by atoms with van der Waals surface area (Å²) in [6.07, 6.45) is 3.06. The summed E-state index contributed by atoms with van der Waals surface area (Å²) in [6, 6.07) is 6.77. The van der Waals surface area contributed by atoms with E-state index in [4.69, 9.17) is 10.5 Å². The maximum absolute atomic E-state index is 6.07. The van der Waals surface area contributed by atoms with Gasteiger partial charge < -0.3 is 10.5 Å². The average molecular weight is 286 g/mol. The van der Waals surface area contributed by atoms with Crippen molar-refractivity contribution in [1.82, 2.24) is 0 Å². The number of rotatable bonds is 7. The SMILES string of the molecule is CCOc1ccc(C(C)CC)cc1CC(N)CC.Cl. The molecular weight excluding hydrogens is 258 g/mol. The van der Waals surface area contributed by atoms with E-state index in [1.54, 1.807) is 0 Å². The first-order valence-electron chi connectivity index (χ1n) is 7.13. The zero-order valence-electron chi connectivity index (χ0n) is 12.6. The van der Waals surface area contributed by atoms with Gasteiger partial charge in [-0.15, -0.1) is 12.4 Å². The summed E-state index contributed by atoms with van der Waals surface area (Å²) in [5.41, 5.74) is 8.72. The molecule has 0 fully saturated rings. The lowest BCUT2D eigenvalue weighted by Gasteiger charge is -2.17. The topological polar surface area (TPSA) is 35.2 Å². The lowest BCUT2D eigenvalue weighted by molar-refractivity contribution is 0.335. The third-order valence-electron chi connectivity index (χ3n) is 3.57. The molecule has 0 saturated heterocycles. The van der Waals surface area contributed by atoms with Crippen LogP contribution in [0.4, 0.5) is 0 Å². The number of nitrogens with two attached hydrogens (primary N) is 1. The lowest BCUT2D eigenvalue weighted by atomic mass is 9.94. The molecule has 2 N–H and O–H groups in total. The van der Waals surface area contributed by atoms with Crippen molar-refractivity contribution in [3.63, 3.8) is 0 Å². The van der Waals surface area contributed by atoms with Gasteiger partial charge in [0.15, 0.2) is 0 Å². The average Bonchev–Trinajstić information content (AvgIpc) is 2.39. The van der Waals surface area contributed by atoms with Crippen molar-refractivity contribution in [2.45, 2.75) is 58.9 Å². The predicted molar refractivity (Wildman–Crippen MR) is 85.5 cm³/mol. The molecular formula is C16H28ClNO. The first-order chi connectivity index (χ1) is 8.62. The molecule has 0 spiro atoms. The second kappa shape index (κ2) is 9.22. The number of hydrogen-bond donors (Lipinski definition) is 1. The van der Waals surface area contributed by atoms with E-state index in [1.807, 2.05) is 6.92 Å². The molecule has 2 atom stereocenters. The molecule has 3 heteroatoms. The minimum Gasteiger partial charge on any atom is -0.494 e. The van der Waals surface area contributed by atoms with Crippen molar-refractivity contribution >= 4 is 12.4 Å². The fourth-order valence-corrected chi connectivity index (χ4v) is 2.02. The first-order valence-corrected chi connectivity index (χ1v) is 7.13. The molecule has 0 aromatic heterocycles. The smallest absolute Gasteiger partial charge is 0.122 e. The van der Waals surface area contributed by atoms with Crippen LogP contribution in [-0.2, 0) is 6.42 Å². The second-order valence-electron chi connectivity index (χ2n) is 4.98. The summed E-state index contributed by atoms with van der Waals surface area (Å²) in [6.45, 7) is 9.34. The first kappa shape index (κ1) is 18.3. The molecule has 0 radical (unpaired) electrons. The van der Waals surface area contributed by atoms with Gasteiger partial charge in [-0.1, -0.05) is 32.9 Å². The van der Waals surface area contributed by atoms with Gasteiger partial charge in [0.2, 0.25) is 0 Å². The summed E-state index contributed by atoms with van der Waals surface area (Å²) in [7, 11) is 0. The third-order valence-corrected chi connectivity index (χ3v) is 3.57. The number of hydrogen-bond acceptors (Lipinski definition) is 2. The molecule has 19 heavy (non-hydrogen) atoms. The molecule has 110 valence electrons. The van der Waals surface area contributed by atoms with Gasteiger partial charge in [0.1, 0.15) is 5.75 Å². The summed E-state index contributed by atoms with van der Waals surface area (Å²) in [5, 5.41) is 0. The predicted octanol–water partition coefficient (Wildman–Crippen LogP) is 4.30. The van der Waals surface area contributed by atoms with Gasteiger partial charge >= 0.3 is 0 Å². The monoisotopic (exact) mass is 285 g/mol. The van der Waals surface area contributed by atoms with Crippen molar-refractivity contribution in [2.75, 3.05) is 6.61 Å². The van der Waals surface area contributed by atoms with Crippen molar-refractivity contribution in [3.05, 3.63) is 29.3 Å². The fraction of sp³-hybridized carbons (Fsp3) is 0.625. The number of ether oxygens (including phenoxy) is 1. The van der Waals surface area contributed by atoms with Crippen LogP contribution in [0.5, 0.6) is 5.75 Å². The molecule has 0 bridgehead atoms. The van der Waals surface area contributed by atoms with Gasteiger partial charge in [-0.3, -0.25) is 0 Å². The molecule has 0 aliphatic carbocycles. The minimum absolute atomic E-state index is 0. The van der Waals surface area contributed by atoms with Crippen LogP contribution in [-0.4, -0.2) is 12.6 Å². The third kappa shape index (κ3) is 5.42. The van der Waals surface area contributed by atoms with E-state index in [1.165, 1.54) is 11.1 Å². The number of benzene rings is 1. The molecule has 0 aliphatic rings. The van der Waals surface area contributed by atoms with Crippen LogP contribution in [0.2, 0.25) is 0 Å². The zero-order valence-corrected chi connectivity index (χ0v) is 13.4. The van der Waals surface area contributed by atoms with Crippen molar-refractivity contribution in [2.24, 2.45) is 5.73 Å². The molecule has 2 unspecified atom stereocenters. The van der Waals surface area contributed by atoms with E-state index in [0.717, 1.165) is 25.0 Å². The molecule has 0 saturated carbocycles. The minimum atomic E-state index is 0. The van der Waals surface area contributed by atoms with Gasteiger partial charge in [0, 0.05) is 6.04 Å². The zero-order chi connectivity index (χ0) is 13.5. The van der Waals surface area contributed by atoms with Crippen LogP contribution < -0.4 is 10.5 Å². The fourth-order valence-electron chi connectivity index (χ4n) is 2.02. The Bertz CT molecular complexity index is 368. The Hall–Kier alpha value is -0.730. The largest absolute Gasteiger partial charge is 0.494 e. The Morgan fingerprint density at radius 1 is 1.16 bits per heavy atom. The highest BCUT2D eigenvalue weighted by molar-refractivity contribution is 5.85. The maximum Gasteiger partial charge on any atom is 0.122 e. The highest BCUT2D eigenvalue weighted by Crippen LogP contribution is 2.27. The molecule has 0 amide bonds. The Morgan fingerprint density at radius 2 is 1.84 bits per heavy atom. The Kier molecular flexibility index (Phi) is 8.86. The molecule has 0 heterocycles. The van der Waals surface area contributed by atoms with E-state index in [2.05, 4.69) is 39.0 Å². The summed E-state index contributed by atoms with van der Waals surface area (Å²) in [4.78, 5) is 0. The Morgan fingerprint density at radius 3 is 2.37 bits per heavy atom. The molecule has 1 aromatic carbocycles. The Labute approximate surface area is 124 Å². The Balaban J connectivity index is 0.00000324. The van der Waals surface area contributed by atoms with E-state index < -0.39 is 0 Å². The van der Waals surface area contributed by atoms with Gasteiger partial charge in [0.25, 0.3) is 0 Å². The standard InChI is InChI=1S/C16H27NO.ClH/c1-5-12(4)13-8-9-16(18-7-3)14(10-13)11-15(17)6-2;/h8-10,12,15H,5-7,11,17H2,1-4H3;1H. The van der Waals surface area contributed by atoms with E-state index in [9.17, 15) is 0 Å². The highest BCUT2D eigenvalue weighted by atomic mass is 35.5. The molecule has 1 aromatic rings. The molecule has 1 rings (SSSR count). The molecule has 0 aliphatic heterocycles. The van der Waals surface area contributed by atoms with Crippen molar-refractivity contribution in [1.29, 1.82) is 0 Å². The highest BCUT2D eigenvalue weighted by Gasteiger charge is 2.11. The molecule has 2 nitrogen and oxygen atoms in total. The second-order valence-corrected chi connectivity index (χ2v) is 4.98. The van der Waals surface area contributed by atoms with Crippen LogP contribution in [0, 0.1) is 0 Å².